The van der Waals surface area contributed by atoms with Crippen LogP contribution >= 0.6 is 0 Å². The summed E-state index contributed by atoms with van der Waals surface area (Å²) in [5.74, 6) is 0.853. The van der Waals surface area contributed by atoms with Crippen molar-refractivity contribution >= 4 is 12.0 Å². The van der Waals surface area contributed by atoms with Crippen LogP contribution in [0.3, 0.4) is 0 Å². The van der Waals surface area contributed by atoms with Gasteiger partial charge in [-0.05, 0) is 17.7 Å². The van der Waals surface area contributed by atoms with E-state index in [0.717, 1.165) is 16.0 Å². The number of aliphatic hydroxyl groups is 1. The molecule has 0 saturated carbocycles. The first kappa shape index (κ1) is 24.0. The van der Waals surface area contributed by atoms with Crippen LogP contribution < -0.4 is 9.47 Å². The van der Waals surface area contributed by atoms with Crippen molar-refractivity contribution in [3.8, 4) is 11.5 Å². The number of nitrogens with zero attached hydrogens (tertiary/aromatic N) is 5. The second-order valence-corrected chi connectivity index (χ2v) is 8.10. The van der Waals surface area contributed by atoms with E-state index in [1.165, 1.54) is 18.1 Å². The van der Waals surface area contributed by atoms with Crippen LogP contribution in [0.25, 0.3) is 0 Å². The van der Waals surface area contributed by atoms with E-state index in [1.807, 2.05) is 36.4 Å². The summed E-state index contributed by atoms with van der Waals surface area (Å²) in [7, 11) is 3.09. The molecule has 1 aromatic heterocycles. The van der Waals surface area contributed by atoms with Gasteiger partial charge in [0.25, 0.3) is 0 Å². The van der Waals surface area contributed by atoms with Crippen LogP contribution in [-0.2, 0) is 31.0 Å². The zero-order chi connectivity index (χ0) is 24.9. The summed E-state index contributed by atoms with van der Waals surface area (Å²) >= 11 is 0. The minimum Gasteiger partial charge on any atom is -0.497 e. The first-order chi connectivity index (χ1) is 16.9. The number of aliphatic hydroxyl groups excluding tert-OH is 1. The molecule has 2 N–H and O–H groups in total. The van der Waals surface area contributed by atoms with Crippen LogP contribution in [0.4, 0.5) is 4.79 Å². The summed E-state index contributed by atoms with van der Waals surface area (Å²) < 4.78 is 10.7. The van der Waals surface area contributed by atoms with Crippen molar-refractivity contribution in [2.45, 2.75) is 38.3 Å². The number of β-lactam (4-membered cyclic amide) rings is 1. The third-order valence-electron chi connectivity index (χ3n) is 6.01. The van der Waals surface area contributed by atoms with Crippen molar-refractivity contribution in [2.75, 3.05) is 14.2 Å². The minimum atomic E-state index is -1.19. The quantitative estimate of drug-likeness (QED) is 0.419. The number of carbonyl (C=O) groups excluding carboxylic acids is 1. The molecule has 11 nitrogen and oxygen atoms in total. The molecule has 2 atom stereocenters. The molecule has 2 aromatic carbocycles. The lowest BCUT2D eigenvalue weighted by atomic mass is 9.91. The molecule has 2 heterocycles. The predicted octanol–water partition coefficient (Wildman–Crippen LogP) is 1.75. The fourth-order valence-corrected chi connectivity index (χ4v) is 4.21. The van der Waals surface area contributed by atoms with Crippen molar-refractivity contribution in [1.29, 1.82) is 0 Å². The van der Waals surface area contributed by atoms with Crippen LogP contribution in [0.15, 0.2) is 54.7 Å². The number of carboxylic acid groups (broad SMARTS) is 1. The average molecular weight is 482 g/mol. The second-order valence-electron chi connectivity index (χ2n) is 8.10. The summed E-state index contributed by atoms with van der Waals surface area (Å²) in [6.07, 6.45) is 0.244. The largest absolute Gasteiger partial charge is 0.497 e. The van der Waals surface area contributed by atoms with Crippen LogP contribution in [-0.4, -0.2) is 73.3 Å². The van der Waals surface area contributed by atoms with Gasteiger partial charge in [-0.25, -0.2) is 4.79 Å². The highest BCUT2D eigenvalue weighted by Crippen LogP contribution is 2.33. The number of hydrogen-bond donors (Lipinski definition) is 2. The summed E-state index contributed by atoms with van der Waals surface area (Å²) in [4.78, 5) is 29.7. The number of ether oxygens (including phenoxy) is 2. The van der Waals surface area contributed by atoms with E-state index in [9.17, 15) is 19.8 Å². The maximum Gasteiger partial charge on any atom is 0.408 e. The van der Waals surface area contributed by atoms with E-state index < -0.39 is 18.2 Å². The van der Waals surface area contributed by atoms with Gasteiger partial charge in [0.2, 0.25) is 5.91 Å². The van der Waals surface area contributed by atoms with Crippen molar-refractivity contribution in [3.63, 3.8) is 0 Å². The summed E-state index contributed by atoms with van der Waals surface area (Å²) in [5, 5.41) is 27.7. The fraction of sp³-hybridized carbons (Fsp3) is 0.333. The smallest absolute Gasteiger partial charge is 0.408 e. The molecule has 1 fully saturated rings. The Bertz CT molecular complexity index is 1180. The van der Waals surface area contributed by atoms with Gasteiger partial charge >= 0.3 is 6.09 Å². The van der Waals surface area contributed by atoms with Crippen LogP contribution in [0.5, 0.6) is 11.5 Å². The van der Waals surface area contributed by atoms with Crippen LogP contribution in [0.1, 0.15) is 16.8 Å². The molecule has 184 valence electrons. The molecule has 0 bridgehead atoms. The number of hydrogen-bond acceptors (Lipinski definition) is 7. The monoisotopic (exact) mass is 481 g/mol. The van der Waals surface area contributed by atoms with Crippen molar-refractivity contribution in [3.05, 3.63) is 71.5 Å². The lowest BCUT2D eigenvalue weighted by molar-refractivity contribution is -0.161. The van der Waals surface area contributed by atoms with Gasteiger partial charge in [0, 0.05) is 24.7 Å². The van der Waals surface area contributed by atoms with Crippen molar-refractivity contribution < 1.29 is 29.3 Å². The molecule has 11 heteroatoms. The van der Waals surface area contributed by atoms with Gasteiger partial charge in [-0.2, -0.15) is 15.0 Å². The van der Waals surface area contributed by atoms with E-state index in [4.69, 9.17) is 9.47 Å². The van der Waals surface area contributed by atoms with E-state index in [-0.39, 0.29) is 32.1 Å². The average Bonchev–Trinajstić information content (AvgIpc) is 3.34. The Labute approximate surface area is 202 Å². The maximum atomic E-state index is 13.4. The Balaban J connectivity index is 1.63. The Morgan fingerprint density at radius 2 is 1.91 bits per heavy atom. The topological polar surface area (TPSA) is 130 Å². The second kappa shape index (κ2) is 10.4. The number of aromatic nitrogens is 3. The van der Waals surface area contributed by atoms with E-state index in [2.05, 4.69) is 10.2 Å². The maximum absolute atomic E-state index is 13.4. The number of benzene rings is 2. The number of amides is 2. The zero-order valence-corrected chi connectivity index (χ0v) is 19.4. The molecule has 3 aromatic rings. The molecule has 4 rings (SSSR count). The zero-order valence-electron chi connectivity index (χ0n) is 19.4. The Kier molecular flexibility index (Phi) is 7.16. The SMILES string of the molecule is COc1ccc(CN2C(=O)[C@@H](N(Cc3ccccc3)C(=O)O)[C@@H]2Cn2ncc(CO)n2)c(OC)c1. The molecule has 0 spiro atoms. The first-order valence-electron chi connectivity index (χ1n) is 11.0. The Hall–Kier alpha value is -4.12. The van der Waals surface area contributed by atoms with Gasteiger partial charge < -0.3 is 24.6 Å². The molecular formula is C24H27N5O6. The van der Waals surface area contributed by atoms with Crippen LogP contribution in [0.2, 0.25) is 0 Å². The number of rotatable bonds is 10. The molecule has 2 amide bonds. The van der Waals surface area contributed by atoms with E-state index >= 15 is 0 Å². The summed E-state index contributed by atoms with van der Waals surface area (Å²) in [5.41, 5.74) is 1.91. The number of likely N-dealkylation sites (tertiary alicyclic amines) is 1. The van der Waals surface area contributed by atoms with Gasteiger partial charge in [0.1, 0.15) is 23.2 Å². The lowest BCUT2D eigenvalue weighted by Gasteiger charge is -2.50. The molecule has 0 radical (unpaired) electrons. The molecule has 0 unspecified atom stereocenters. The lowest BCUT2D eigenvalue weighted by Crippen LogP contribution is -2.71. The third kappa shape index (κ3) is 5.04. The molecule has 1 saturated heterocycles. The van der Waals surface area contributed by atoms with Gasteiger partial charge in [-0.15, -0.1) is 0 Å². The van der Waals surface area contributed by atoms with E-state index in [1.54, 1.807) is 24.1 Å². The van der Waals surface area contributed by atoms with Gasteiger partial charge in [-0.3, -0.25) is 9.69 Å². The molecule has 1 aliphatic heterocycles. The minimum absolute atomic E-state index is 0.0667. The van der Waals surface area contributed by atoms with Crippen molar-refractivity contribution in [2.24, 2.45) is 0 Å². The molecule has 1 aliphatic rings. The number of methoxy groups -OCH3 is 2. The van der Waals surface area contributed by atoms with Crippen LogP contribution in [0, 0.1) is 0 Å². The van der Waals surface area contributed by atoms with E-state index in [0.29, 0.717) is 17.2 Å². The summed E-state index contributed by atoms with van der Waals surface area (Å²) in [6, 6.07) is 13.0. The van der Waals surface area contributed by atoms with Gasteiger partial charge in [-0.1, -0.05) is 30.3 Å². The molecule has 0 aliphatic carbocycles. The predicted molar refractivity (Wildman–Crippen MR) is 124 cm³/mol. The normalized spacial score (nSPS) is 17.1. The first-order valence-corrected chi connectivity index (χ1v) is 11.0. The fourth-order valence-electron chi connectivity index (χ4n) is 4.21. The third-order valence-corrected chi connectivity index (χ3v) is 6.01. The molecule has 35 heavy (non-hydrogen) atoms. The molecular weight excluding hydrogens is 454 g/mol. The Morgan fingerprint density at radius 1 is 1.14 bits per heavy atom. The highest BCUT2D eigenvalue weighted by Gasteiger charge is 2.52. The van der Waals surface area contributed by atoms with Gasteiger partial charge in [0.15, 0.2) is 0 Å². The standard InChI is InChI=1S/C24H27N5O6/c1-34-19-9-8-17(21(10-19)35-2)13-27-20(14-29-25-11-18(15-30)26-29)22(23(27)31)28(24(32)33)12-16-6-4-3-5-7-16/h3-11,20,22,30H,12-15H2,1-2H3,(H,32,33)/t20-,22-/m0/s1. The summed E-state index contributed by atoms with van der Waals surface area (Å²) in [6.45, 7) is 0.166. The highest BCUT2D eigenvalue weighted by molar-refractivity contribution is 5.92. The highest BCUT2D eigenvalue weighted by atomic mass is 16.5. The number of carbonyl (C=O) groups is 2. The van der Waals surface area contributed by atoms with Gasteiger partial charge in [0.05, 0.1) is 39.6 Å². The Morgan fingerprint density at radius 3 is 2.54 bits per heavy atom. The van der Waals surface area contributed by atoms with Crippen molar-refractivity contribution in [1.82, 2.24) is 24.8 Å².